The molecule has 2 N–H and O–H groups in total. The van der Waals surface area contributed by atoms with E-state index in [0.29, 0.717) is 18.4 Å². The second-order valence-corrected chi connectivity index (χ2v) is 10.1. The highest BCUT2D eigenvalue weighted by Crippen LogP contribution is 2.52. The van der Waals surface area contributed by atoms with Gasteiger partial charge in [0.1, 0.15) is 0 Å². The fourth-order valence-electron chi connectivity index (χ4n) is 7.76. The maximum absolute atomic E-state index is 12.8. The lowest BCUT2D eigenvalue weighted by atomic mass is 9.57. The summed E-state index contributed by atoms with van der Waals surface area (Å²) in [6, 6.07) is 0.423. The predicted octanol–water partition coefficient (Wildman–Crippen LogP) is 0.568. The average Bonchev–Trinajstić information content (AvgIpc) is 3.05. The lowest BCUT2D eigenvalue weighted by Gasteiger charge is -2.50. The van der Waals surface area contributed by atoms with Crippen LogP contribution in [0.3, 0.4) is 0 Å². The van der Waals surface area contributed by atoms with Gasteiger partial charge in [-0.1, -0.05) is 27.2 Å². The second kappa shape index (κ2) is 6.69. The van der Waals surface area contributed by atoms with Crippen LogP contribution in [0.15, 0.2) is 0 Å². The van der Waals surface area contributed by atoms with Crippen molar-refractivity contribution in [2.45, 2.75) is 83.3 Å². The molecule has 28 heavy (non-hydrogen) atoms. The van der Waals surface area contributed by atoms with E-state index in [1.165, 1.54) is 11.3 Å². The van der Waals surface area contributed by atoms with Gasteiger partial charge < -0.3 is 19.5 Å². The standard InChI is InChI=1S/C22H33NO5/c1-4-12-13-7-5-6-8-23-17(13)16-15(19(12)24)11(3)22(26)28-20(16)18(23)14-9-10(2)21(25)27-14/h10-20,24H,4-9H2,1-3H3/p+1/t10-,11-,12+,13+,14+,15-,16+,17?,18+,19-,20+/m0/s1. The Balaban J connectivity index is 1.59. The second-order valence-electron chi connectivity index (χ2n) is 10.1. The van der Waals surface area contributed by atoms with Crippen molar-refractivity contribution in [1.29, 1.82) is 0 Å². The summed E-state index contributed by atoms with van der Waals surface area (Å²) in [5.41, 5.74) is 0. The molecule has 1 aliphatic carbocycles. The zero-order valence-electron chi connectivity index (χ0n) is 17.2. The van der Waals surface area contributed by atoms with Crippen LogP contribution >= 0.6 is 0 Å². The molecule has 5 fully saturated rings. The Morgan fingerprint density at radius 1 is 1.07 bits per heavy atom. The van der Waals surface area contributed by atoms with Crippen molar-refractivity contribution in [2.75, 3.05) is 6.54 Å². The van der Waals surface area contributed by atoms with Crippen LogP contribution in [-0.4, -0.2) is 54.0 Å². The number of nitrogens with one attached hydrogen (secondary N) is 1. The third-order valence-electron chi connectivity index (χ3n) is 8.87. The number of ether oxygens (including phenoxy) is 2. The highest BCUT2D eigenvalue weighted by Gasteiger charge is 2.70. The number of esters is 2. The predicted molar refractivity (Wildman–Crippen MR) is 100 cm³/mol. The fourth-order valence-corrected chi connectivity index (χ4v) is 7.76. The van der Waals surface area contributed by atoms with Crippen LogP contribution in [0.2, 0.25) is 0 Å². The Labute approximate surface area is 166 Å². The number of aliphatic hydroxyl groups is 1. The van der Waals surface area contributed by atoms with Crippen LogP contribution in [0.5, 0.6) is 0 Å². The molecule has 1 saturated carbocycles. The van der Waals surface area contributed by atoms with Crippen LogP contribution in [0.1, 0.15) is 52.9 Å². The van der Waals surface area contributed by atoms with Gasteiger partial charge in [-0.3, -0.25) is 9.59 Å². The van der Waals surface area contributed by atoms with Crippen LogP contribution in [0, 0.1) is 35.5 Å². The molecule has 5 aliphatic rings. The summed E-state index contributed by atoms with van der Waals surface area (Å²) in [7, 11) is 0. The monoisotopic (exact) mass is 392 g/mol. The van der Waals surface area contributed by atoms with E-state index in [-0.39, 0.29) is 59.8 Å². The summed E-state index contributed by atoms with van der Waals surface area (Å²) in [4.78, 5) is 26.4. The minimum Gasteiger partial charge on any atom is -0.456 e. The molecule has 4 heterocycles. The Morgan fingerprint density at radius 2 is 1.86 bits per heavy atom. The molecule has 4 saturated heterocycles. The van der Waals surface area contributed by atoms with Crippen molar-refractivity contribution in [3.05, 3.63) is 0 Å². The van der Waals surface area contributed by atoms with Gasteiger partial charge in [0.2, 0.25) is 0 Å². The van der Waals surface area contributed by atoms with Gasteiger partial charge in [-0.05, 0) is 25.2 Å². The maximum Gasteiger partial charge on any atom is 0.309 e. The first kappa shape index (κ1) is 18.9. The van der Waals surface area contributed by atoms with Gasteiger partial charge in [-0.25, -0.2) is 0 Å². The Hall–Kier alpha value is -1.14. The minimum atomic E-state index is -0.440. The van der Waals surface area contributed by atoms with Gasteiger partial charge in [0.25, 0.3) is 0 Å². The van der Waals surface area contributed by atoms with E-state index in [4.69, 9.17) is 9.47 Å². The van der Waals surface area contributed by atoms with Crippen molar-refractivity contribution in [1.82, 2.24) is 0 Å². The molecule has 0 aromatic rings. The summed E-state index contributed by atoms with van der Waals surface area (Å²) >= 11 is 0. The molecule has 6 heteroatoms. The molecule has 0 bridgehead atoms. The fraction of sp³-hybridized carbons (Fsp3) is 0.909. The molecule has 0 aromatic carbocycles. The zero-order valence-corrected chi connectivity index (χ0v) is 17.2. The molecule has 6 nitrogen and oxygen atoms in total. The third-order valence-corrected chi connectivity index (χ3v) is 8.87. The van der Waals surface area contributed by atoms with Crippen molar-refractivity contribution in [2.24, 2.45) is 35.5 Å². The van der Waals surface area contributed by atoms with Gasteiger partial charge in [-0.2, -0.15) is 0 Å². The number of carbonyl (C=O) groups excluding carboxylic acids is 2. The quantitative estimate of drug-likeness (QED) is 0.672. The highest BCUT2D eigenvalue weighted by molar-refractivity contribution is 5.75. The van der Waals surface area contributed by atoms with Crippen molar-refractivity contribution in [3.8, 4) is 0 Å². The van der Waals surface area contributed by atoms with E-state index in [2.05, 4.69) is 6.92 Å². The van der Waals surface area contributed by atoms with Crippen molar-refractivity contribution in [3.63, 3.8) is 0 Å². The molecule has 0 radical (unpaired) electrons. The third kappa shape index (κ3) is 2.46. The maximum atomic E-state index is 12.8. The van der Waals surface area contributed by atoms with E-state index < -0.39 is 6.10 Å². The number of aliphatic hydroxyl groups excluding tert-OH is 1. The summed E-state index contributed by atoms with van der Waals surface area (Å²) in [6.45, 7) is 7.09. The summed E-state index contributed by atoms with van der Waals surface area (Å²) in [5.74, 6) is 0.203. The lowest BCUT2D eigenvalue weighted by molar-refractivity contribution is -0.945. The van der Waals surface area contributed by atoms with Gasteiger partial charge in [-0.15, -0.1) is 0 Å². The van der Waals surface area contributed by atoms with E-state index >= 15 is 0 Å². The van der Waals surface area contributed by atoms with Gasteiger partial charge >= 0.3 is 11.9 Å². The van der Waals surface area contributed by atoms with E-state index in [1.807, 2.05) is 13.8 Å². The van der Waals surface area contributed by atoms with Gasteiger partial charge in [0.15, 0.2) is 18.2 Å². The number of rotatable bonds is 2. The molecule has 5 rings (SSSR count). The molecule has 0 spiro atoms. The first-order chi connectivity index (χ1) is 13.4. The smallest absolute Gasteiger partial charge is 0.309 e. The number of carbonyl (C=O) groups is 2. The Morgan fingerprint density at radius 3 is 2.54 bits per heavy atom. The Kier molecular flexibility index (Phi) is 4.51. The molecule has 0 aromatic heterocycles. The van der Waals surface area contributed by atoms with Crippen LogP contribution in [0.4, 0.5) is 0 Å². The van der Waals surface area contributed by atoms with Crippen LogP contribution in [0.25, 0.3) is 0 Å². The van der Waals surface area contributed by atoms with Crippen molar-refractivity contribution >= 4 is 11.9 Å². The van der Waals surface area contributed by atoms with Crippen LogP contribution < -0.4 is 4.90 Å². The average molecular weight is 393 g/mol. The highest BCUT2D eigenvalue weighted by atomic mass is 16.6. The van der Waals surface area contributed by atoms with Gasteiger partial charge in [0.05, 0.1) is 36.4 Å². The van der Waals surface area contributed by atoms with Gasteiger partial charge in [0, 0.05) is 18.3 Å². The molecule has 156 valence electrons. The molecule has 0 amide bonds. The number of hydrogen-bond donors (Lipinski definition) is 2. The SMILES string of the molecule is CC[C@H]1[C@H](O)[C@@H]2[C@@H]3C4[C@@H]1CCCC[NH+]4[C@H]([C@H]1C[C@H](C)C(=O)O1)[C@@H]3OC(=O)[C@H]2C. The minimum absolute atomic E-state index is 0.0197. The molecular weight excluding hydrogens is 358 g/mol. The van der Waals surface area contributed by atoms with Crippen LogP contribution in [-0.2, 0) is 19.1 Å². The van der Waals surface area contributed by atoms with E-state index in [0.717, 1.165) is 25.8 Å². The van der Waals surface area contributed by atoms with E-state index in [1.54, 1.807) is 0 Å². The number of hydrogen-bond acceptors (Lipinski definition) is 5. The molecule has 2 unspecified atom stereocenters. The molecular formula is C22H34NO5+. The summed E-state index contributed by atoms with van der Waals surface area (Å²) < 4.78 is 11.9. The topological polar surface area (TPSA) is 77.3 Å². The normalized spacial score (nSPS) is 55.3. The number of quaternary nitrogens is 1. The van der Waals surface area contributed by atoms with E-state index in [9.17, 15) is 14.7 Å². The Bertz CT molecular complexity index is 667. The zero-order chi connectivity index (χ0) is 19.7. The first-order valence-electron chi connectivity index (χ1n) is 11.4. The summed E-state index contributed by atoms with van der Waals surface area (Å²) in [5, 5.41) is 11.4. The number of cyclic esters (lactones) is 1. The largest absolute Gasteiger partial charge is 0.456 e. The first-order valence-corrected chi connectivity index (χ1v) is 11.4. The molecule has 12 atom stereocenters. The molecule has 4 aliphatic heterocycles. The lowest BCUT2D eigenvalue weighted by Crippen LogP contribution is -3.19. The van der Waals surface area contributed by atoms with Crippen molar-refractivity contribution < 1.29 is 29.1 Å². The summed E-state index contributed by atoms with van der Waals surface area (Å²) in [6.07, 6.45) is 4.31.